The van der Waals surface area contributed by atoms with E-state index in [2.05, 4.69) is 10.3 Å². The molecule has 0 aliphatic carbocycles. The highest BCUT2D eigenvalue weighted by molar-refractivity contribution is 5.79. The molecule has 0 aliphatic heterocycles. The first-order chi connectivity index (χ1) is 14.5. The lowest BCUT2D eigenvalue weighted by atomic mass is 10.1. The van der Waals surface area contributed by atoms with Gasteiger partial charge in [-0.05, 0) is 58.0 Å². The molecule has 3 aromatic rings. The predicted octanol–water partition coefficient (Wildman–Crippen LogP) is 4.12. The number of hydrogen-bond donors (Lipinski definition) is 1. The van der Waals surface area contributed by atoms with Gasteiger partial charge in [-0.15, -0.1) is 0 Å². The molecule has 3 rings (SSSR count). The van der Waals surface area contributed by atoms with E-state index in [9.17, 15) is 23.6 Å². The summed E-state index contributed by atoms with van der Waals surface area (Å²) in [5, 5.41) is 11.5. The van der Waals surface area contributed by atoms with Gasteiger partial charge in [-0.1, -0.05) is 6.07 Å². The van der Waals surface area contributed by atoms with Gasteiger partial charge in [-0.3, -0.25) is 9.36 Å². The molecular weight excluding hydrogens is 406 g/mol. The largest absolute Gasteiger partial charge is 0.444 e. The second-order valence-electron chi connectivity index (χ2n) is 7.92. The molecule has 0 unspecified atom stereocenters. The van der Waals surface area contributed by atoms with E-state index in [0.29, 0.717) is 0 Å². The van der Waals surface area contributed by atoms with Crippen molar-refractivity contribution in [1.29, 1.82) is 5.26 Å². The van der Waals surface area contributed by atoms with Crippen LogP contribution in [0.4, 0.5) is 13.6 Å². The molecule has 7 nitrogen and oxygen atoms in total. The normalized spacial score (nSPS) is 12.3. The van der Waals surface area contributed by atoms with Crippen LogP contribution in [0.5, 0.6) is 0 Å². The van der Waals surface area contributed by atoms with E-state index in [1.165, 1.54) is 18.2 Å². The molecule has 0 saturated heterocycles. The highest BCUT2D eigenvalue weighted by Gasteiger charge is 2.24. The maximum atomic E-state index is 14.4. The molecule has 1 amide bonds. The van der Waals surface area contributed by atoms with E-state index < -0.39 is 34.9 Å². The highest BCUT2D eigenvalue weighted by Crippen LogP contribution is 2.21. The summed E-state index contributed by atoms with van der Waals surface area (Å²) in [4.78, 5) is 29.8. The number of hydrogen-bond acceptors (Lipinski definition) is 5. The number of carbonyl (C=O) groups is 1. The predicted molar refractivity (Wildman–Crippen MR) is 110 cm³/mol. The van der Waals surface area contributed by atoms with E-state index in [0.717, 1.165) is 22.8 Å². The number of fused-ring (bicyclic) bond motifs is 1. The Morgan fingerprint density at radius 1 is 1.26 bits per heavy atom. The molecule has 1 heterocycles. The monoisotopic (exact) mass is 426 g/mol. The minimum atomic E-state index is -0.871. The number of amides is 1. The average Bonchev–Trinajstić information content (AvgIpc) is 2.65. The quantitative estimate of drug-likeness (QED) is 0.680. The Balaban J connectivity index is 2.24. The number of ether oxygens (including phenoxy) is 1. The summed E-state index contributed by atoms with van der Waals surface area (Å²) in [7, 11) is 0. The third kappa shape index (κ3) is 4.69. The number of benzene rings is 2. The molecule has 31 heavy (non-hydrogen) atoms. The molecule has 0 bridgehead atoms. The van der Waals surface area contributed by atoms with Crippen molar-refractivity contribution in [3.05, 3.63) is 69.8 Å². The highest BCUT2D eigenvalue weighted by atomic mass is 19.1. The minimum Gasteiger partial charge on any atom is -0.444 e. The summed E-state index contributed by atoms with van der Waals surface area (Å²) < 4.78 is 34.8. The molecular formula is C22H20F2N4O3. The number of halogens is 2. The molecule has 1 aromatic heterocycles. The van der Waals surface area contributed by atoms with Gasteiger partial charge in [0, 0.05) is 0 Å². The van der Waals surface area contributed by atoms with Gasteiger partial charge in [0.25, 0.3) is 5.56 Å². The smallest absolute Gasteiger partial charge is 0.408 e. The van der Waals surface area contributed by atoms with Crippen LogP contribution in [0.15, 0.2) is 41.2 Å². The van der Waals surface area contributed by atoms with Gasteiger partial charge in [0.05, 0.1) is 28.9 Å². The second-order valence-corrected chi connectivity index (χ2v) is 7.92. The Labute approximate surface area is 176 Å². The van der Waals surface area contributed by atoms with Crippen molar-refractivity contribution < 1.29 is 18.3 Å². The van der Waals surface area contributed by atoms with Crippen molar-refractivity contribution in [3.8, 4) is 11.8 Å². The molecule has 0 saturated carbocycles. The van der Waals surface area contributed by atoms with Crippen LogP contribution in [0.25, 0.3) is 16.6 Å². The molecule has 0 fully saturated rings. The number of alkyl carbamates (subject to hydrolysis) is 1. The van der Waals surface area contributed by atoms with Crippen LogP contribution in [0, 0.1) is 23.0 Å². The van der Waals surface area contributed by atoms with Crippen molar-refractivity contribution in [2.75, 3.05) is 0 Å². The molecule has 1 N–H and O–H groups in total. The summed E-state index contributed by atoms with van der Waals surface area (Å²) in [6.45, 7) is 6.64. The number of nitrogens with zero attached hydrogens (tertiary/aromatic N) is 3. The van der Waals surface area contributed by atoms with Gasteiger partial charge in [0.15, 0.2) is 0 Å². The summed E-state index contributed by atoms with van der Waals surface area (Å²) in [5.74, 6) is -1.53. The SMILES string of the molecule is C[C@H](NC(=O)OC(C)(C)C)c1nc2cccc(F)c2c(=O)n1-c1cc(F)cc(C#N)c1. The summed E-state index contributed by atoms with van der Waals surface area (Å²) in [6, 6.07) is 8.23. The standard InChI is InChI=1S/C22H20F2N4O3/c1-12(26-21(30)31-22(2,3)4)19-27-17-7-5-6-16(24)18(17)20(29)28(19)15-9-13(11-25)8-14(23)10-15/h5-10,12H,1-4H3,(H,26,30)/t12-/m0/s1. The lowest BCUT2D eigenvalue weighted by molar-refractivity contribution is 0.0505. The lowest BCUT2D eigenvalue weighted by Gasteiger charge is -2.23. The zero-order valence-electron chi connectivity index (χ0n) is 17.4. The topological polar surface area (TPSA) is 97.0 Å². The first-order valence-corrected chi connectivity index (χ1v) is 9.42. The van der Waals surface area contributed by atoms with Gasteiger partial charge in [0.2, 0.25) is 0 Å². The number of nitriles is 1. The van der Waals surface area contributed by atoms with Crippen molar-refractivity contribution >= 4 is 17.0 Å². The summed E-state index contributed by atoms with van der Waals surface area (Å²) in [5.41, 5.74) is -1.54. The first kappa shape index (κ1) is 21.9. The maximum absolute atomic E-state index is 14.4. The van der Waals surface area contributed by atoms with Gasteiger partial charge in [-0.2, -0.15) is 5.26 Å². The minimum absolute atomic E-state index is 0.0171. The van der Waals surface area contributed by atoms with E-state index in [4.69, 9.17) is 4.74 Å². The number of nitrogens with one attached hydrogen (secondary N) is 1. The van der Waals surface area contributed by atoms with Crippen LogP contribution >= 0.6 is 0 Å². The van der Waals surface area contributed by atoms with Gasteiger partial charge < -0.3 is 10.1 Å². The summed E-state index contributed by atoms with van der Waals surface area (Å²) >= 11 is 0. The Kier molecular flexibility index (Phi) is 5.75. The molecule has 0 spiro atoms. The van der Waals surface area contributed by atoms with Crippen molar-refractivity contribution in [1.82, 2.24) is 14.9 Å². The first-order valence-electron chi connectivity index (χ1n) is 9.42. The zero-order chi connectivity index (χ0) is 22.9. The van der Waals surface area contributed by atoms with Crippen molar-refractivity contribution in [2.24, 2.45) is 0 Å². The fourth-order valence-electron chi connectivity index (χ4n) is 3.06. The van der Waals surface area contributed by atoms with Crippen LogP contribution < -0.4 is 10.9 Å². The number of aromatic nitrogens is 2. The fraction of sp³-hybridized carbons (Fsp3) is 0.273. The Hall–Kier alpha value is -3.80. The van der Waals surface area contributed by atoms with E-state index in [-0.39, 0.29) is 28.0 Å². The van der Waals surface area contributed by atoms with Crippen molar-refractivity contribution in [2.45, 2.75) is 39.3 Å². The molecule has 1 atom stereocenters. The summed E-state index contributed by atoms with van der Waals surface area (Å²) in [6.07, 6.45) is -0.753. The van der Waals surface area contributed by atoms with Crippen LogP contribution in [-0.4, -0.2) is 21.2 Å². The van der Waals surface area contributed by atoms with E-state index in [1.54, 1.807) is 27.7 Å². The molecule has 0 radical (unpaired) electrons. The molecule has 0 aliphatic rings. The fourth-order valence-corrected chi connectivity index (χ4v) is 3.06. The number of rotatable bonds is 3. The van der Waals surface area contributed by atoms with E-state index >= 15 is 0 Å². The Bertz CT molecular complexity index is 1270. The van der Waals surface area contributed by atoms with Crippen LogP contribution in [-0.2, 0) is 4.74 Å². The third-order valence-corrected chi connectivity index (χ3v) is 4.26. The van der Waals surface area contributed by atoms with Crippen LogP contribution in [0.2, 0.25) is 0 Å². The zero-order valence-corrected chi connectivity index (χ0v) is 17.4. The van der Waals surface area contributed by atoms with Gasteiger partial charge in [-0.25, -0.2) is 18.6 Å². The van der Waals surface area contributed by atoms with Crippen molar-refractivity contribution in [3.63, 3.8) is 0 Å². The van der Waals surface area contributed by atoms with Crippen LogP contribution in [0.3, 0.4) is 0 Å². The third-order valence-electron chi connectivity index (χ3n) is 4.26. The molecule has 9 heteroatoms. The van der Waals surface area contributed by atoms with Gasteiger partial charge in [0.1, 0.15) is 28.4 Å². The van der Waals surface area contributed by atoms with Crippen LogP contribution in [0.1, 0.15) is 45.1 Å². The Morgan fingerprint density at radius 3 is 2.61 bits per heavy atom. The van der Waals surface area contributed by atoms with E-state index in [1.807, 2.05) is 6.07 Å². The molecule has 2 aromatic carbocycles. The number of carbonyl (C=O) groups excluding carboxylic acids is 1. The Morgan fingerprint density at radius 2 is 1.97 bits per heavy atom. The average molecular weight is 426 g/mol. The second kappa shape index (κ2) is 8.14. The lowest BCUT2D eigenvalue weighted by Crippen LogP contribution is -2.37. The maximum Gasteiger partial charge on any atom is 0.408 e. The molecule has 160 valence electrons. The van der Waals surface area contributed by atoms with Gasteiger partial charge >= 0.3 is 6.09 Å².